The molecule has 0 spiro atoms. The van der Waals surface area contributed by atoms with Crippen molar-refractivity contribution in [1.82, 2.24) is 25.1 Å². The summed E-state index contributed by atoms with van der Waals surface area (Å²) >= 11 is 0. The summed E-state index contributed by atoms with van der Waals surface area (Å²) in [6, 6.07) is 7.97. The first-order valence-electron chi connectivity index (χ1n) is 10.7. The highest BCUT2D eigenvalue weighted by molar-refractivity contribution is 5.97. The van der Waals surface area contributed by atoms with Crippen molar-refractivity contribution in [2.45, 2.75) is 25.3 Å². The lowest BCUT2D eigenvalue weighted by Crippen LogP contribution is -2.54. The van der Waals surface area contributed by atoms with Crippen LogP contribution in [0, 0.1) is 0 Å². The van der Waals surface area contributed by atoms with Crippen molar-refractivity contribution in [3.63, 3.8) is 0 Å². The topological polar surface area (TPSA) is 105 Å². The minimum absolute atomic E-state index is 0.120. The van der Waals surface area contributed by atoms with E-state index in [9.17, 15) is 14.4 Å². The van der Waals surface area contributed by atoms with Crippen molar-refractivity contribution in [2.75, 3.05) is 40.3 Å². The summed E-state index contributed by atoms with van der Waals surface area (Å²) in [5.41, 5.74) is 1.24. The van der Waals surface area contributed by atoms with Crippen LogP contribution in [0.3, 0.4) is 0 Å². The number of carbonyl (C=O) groups is 3. The summed E-state index contributed by atoms with van der Waals surface area (Å²) in [7, 11) is 3.35. The van der Waals surface area contributed by atoms with Gasteiger partial charge in [-0.2, -0.15) is 0 Å². The summed E-state index contributed by atoms with van der Waals surface area (Å²) in [5, 5.41) is 2.87. The number of hydrogen-bond acceptors (Lipinski definition) is 7. The molecule has 1 aromatic carbocycles. The average Bonchev–Trinajstić information content (AvgIpc) is 2.84. The third-order valence-electron chi connectivity index (χ3n) is 5.49. The zero-order chi connectivity index (χ0) is 22.9. The lowest BCUT2D eigenvalue weighted by atomic mass is 10.1. The van der Waals surface area contributed by atoms with Gasteiger partial charge >= 0.3 is 5.97 Å². The van der Waals surface area contributed by atoms with E-state index < -0.39 is 6.04 Å². The van der Waals surface area contributed by atoms with Gasteiger partial charge in [-0.1, -0.05) is 12.1 Å². The Morgan fingerprint density at radius 1 is 1.06 bits per heavy atom. The molecule has 170 valence electrons. The molecule has 2 aromatic rings. The van der Waals surface area contributed by atoms with Crippen LogP contribution in [0.15, 0.2) is 42.7 Å². The van der Waals surface area contributed by atoms with Gasteiger partial charge in [-0.3, -0.25) is 14.4 Å². The fourth-order valence-corrected chi connectivity index (χ4v) is 3.52. The van der Waals surface area contributed by atoms with Crippen LogP contribution >= 0.6 is 0 Å². The van der Waals surface area contributed by atoms with Crippen molar-refractivity contribution in [1.29, 1.82) is 0 Å². The molecule has 1 aliphatic heterocycles. The molecule has 1 aromatic heterocycles. The molecule has 1 aliphatic rings. The van der Waals surface area contributed by atoms with Crippen LogP contribution in [0.5, 0.6) is 0 Å². The Hall–Kier alpha value is -3.33. The Bertz CT molecular complexity index is 912. The van der Waals surface area contributed by atoms with E-state index >= 15 is 0 Å². The Morgan fingerprint density at radius 3 is 2.34 bits per heavy atom. The Balaban J connectivity index is 1.67. The number of nitrogens with one attached hydrogen (secondary N) is 1. The van der Waals surface area contributed by atoms with Crippen LogP contribution in [-0.4, -0.2) is 83.9 Å². The van der Waals surface area contributed by atoms with Crippen molar-refractivity contribution >= 4 is 17.8 Å². The quantitative estimate of drug-likeness (QED) is 0.619. The van der Waals surface area contributed by atoms with E-state index in [-0.39, 0.29) is 24.2 Å². The molecule has 1 fully saturated rings. The number of ether oxygens (including phenoxy) is 1. The van der Waals surface area contributed by atoms with Crippen molar-refractivity contribution < 1.29 is 19.1 Å². The molecule has 0 radical (unpaired) electrons. The molecule has 3 rings (SSSR count). The number of benzene rings is 1. The fourth-order valence-electron chi connectivity index (χ4n) is 3.52. The van der Waals surface area contributed by atoms with Crippen LogP contribution in [0.25, 0.3) is 11.4 Å². The van der Waals surface area contributed by atoms with Gasteiger partial charge in [-0.25, -0.2) is 9.97 Å². The molecule has 9 heteroatoms. The number of rotatable bonds is 8. The zero-order valence-electron chi connectivity index (χ0n) is 18.5. The second-order valence-corrected chi connectivity index (χ2v) is 7.77. The number of aromatic nitrogens is 2. The average molecular weight is 440 g/mol. The molecule has 0 aliphatic carbocycles. The number of piperazine rings is 1. The lowest BCUT2D eigenvalue weighted by molar-refractivity contribution is -0.141. The number of likely N-dealkylation sites (N-methyl/N-ethyl adjacent to an activating group) is 1. The third kappa shape index (κ3) is 6.34. The lowest BCUT2D eigenvalue weighted by Gasteiger charge is -2.34. The van der Waals surface area contributed by atoms with Crippen LogP contribution in [-0.2, 0) is 14.3 Å². The second-order valence-electron chi connectivity index (χ2n) is 7.77. The number of carbonyl (C=O) groups excluding carboxylic acids is 3. The van der Waals surface area contributed by atoms with Crippen LogP contribution in [0.1, 0.15) is 29.6 Å². The van der Waals surface area contributed by atoms with Gasteiger partial charge < -0.3 is 19.9 Å². The molecule has 0 bridgehead atoms. The molecule has 32 heavy (non-hydrogen) atoms. The first-order valence-corrected chi connectivity index (χ1v) is 10.7. The predicted octanol–water partition coefficient (Wildman–Crippen LogP) is 1.36. The highest BCUT2D eigenvalue weighted by atomic mass is 16.5. The summed E-state index contributed by atoms with van der Waals surface area (Å²) in [6.07, 6.45) is 4.33. The molecule has 0 saturated carbocycles. The van der Waals surface area contributed by atoms with Gasteiger partial charge in [0.2, 0.25) is 5.91 Å². The fraction of sp³-hybridized carbons (Fsp3) is 0.435. The highest BCUT2D eigenvalue weighted by Crippen LogP contribution is 2.15. The number of amides is 2. The summed E-state index contributed by atoms with van der Waals surface area (Å²) in [6.45, 7) is 2.81. The van der Waals surface area contributed by atoms with E-state index in [2.05, 4.69) is 24.9 Å². The minimum Gasteiger partial charge on any atom is -0.469 e. The normalized spacial score (nSPS) is 15.1. The molecule has 1 N–H and O–H groups in total. The molecule has 2 heterocycles. The van der Waals surface area contributed by atoms with Gasteiger partial charge in [0.05, 0.1) is 7.11 Å². The Morgan fingerprint density at radius 2 is 1.72 bits per heavy atom. The maximum atomic E-state index is 13.1. The van der Waals surface area contributed by atoms with E-state index in [1.165, 1.54) is 7.11 Å². The first-order chi connectivity index (χ1) is 15.5. The van der Waals surface area contributed by atoms with E-state index in [0.29, 0.717) is 37.3 Å². The number of esters is 1. The third-order valence-corrected chi connectivity index (χ3v) is 5.49. The maximum Gasteiger partial charge on any atom is 0.305 e. The molecule has 2 amide bonds. The Labute approximate surface area is 187 Å². The summed E-state index contributed by atoms with van der Waals surface area (Å²) in [4.78, 5) is 49.8. The van der Waals surface area contributed by atoms with Crippen LogP contribution in [0.2, 0.25) is 0 Å². The monoisotopic (exact) mass is 439 g/mol. The van der Waals surface area contributed by atoms with E-state index in [1.807, 2.05) is 7.05 Å². The molecule has 0 unspecified atom stereocenters. The number of nitrogens with zero attached hydrogens (tertiary/aromatic N) is 4. The smallest absolute Gasteiger partial charge is 0.305 e. The van der Waals surface area contributed by atoms with Gasteiger partial charge in [0, 0.05) is 56.1 Å². The van der Waals surface area contributed by atoms with Crippen molar-refractivity contribution in [3.8, 4) is 11.4 Å². The summed E-state index contributed by atoms with van der Waals surface area (Å²) in [5.74, 6) is -0.215. The molecular formula is C23H29N5O4. The highest BCUT2D eigenvalue weighted by Gasteiger charge is 2.28. The van der Waals surface area contributed by atoms with Crippen LogP contribution in [0.4, 0.5) is 0 Å². The SMILES string of the molecule is COC(=O)CCC[C@H](NC(=O)c1ccc(-c2ncccn2)cc1)C(=O)N1CCN(C)CC1. The van der Waals surface area contributed by atoms with Crippen LogP contribution < -0.4 is 5.32 Å². The second kappa shape index (κ2) is 11.3. The van der Waals surface area contributed by atoms with Crippen molar-refractivity contribution in [3.05, 3.63) is 48.3 Å². The minimum atomic E-state index is -0.701. The van der Waals surface area contributed by atoms with Gasteiger partial charge in [0.1, 0.15) is 6.04 Å². The predicted molar refractivity (Wildman–Crippen MR) is 119 cm³/mol. The standard InChI is InChI=1S/C23H29N5O4/c1-27-13-15-28(16-14-27)23(31)19(5-3-6-20(29)32-2)26-22(30)18-9-7-17(8-10-18)21-24-11-4-12-25-21/h4,7-12,19H,3,5-6,13-16H2,1-2H3,(H,26,30)/t19-/m0/s1. The Kier molecular flexibility index (Phi) is 8.27. The number of hydrogen-bond donors (Lipinski definition) is 1. The van der Waals surface area contributed by atoms with Gasteiger partial charge in [0.25, 0.3) is 5.91 Å². The number of methoxy groups -OCH3 is 1. The zero-order valence-corrected chi connectivity index (χ0v) is 18.5. The molecule has 1 saturated heterocycles. The van der Waals surface area contributed by atoms with Gasteiger partial charge in [-0.05, 0) is 38.1 Å². The molecule has 9 nitrogen and oxygen atoms in total. The molecular weight excluding hydrogens is 410 g/mol. The van der Waals surface area contributed by atoms with E-state index in [1.54, 1.807) is 47.6 Å². The van der Waals surface area contributed by atoms with E-state index in [0.717, 1.165) is 18.7 Å². The van der Waals surface area contributed by atoms with E-state index in [4.69, 9.17) is 0 Å². The van der Waals surface area contributed by atoms with Crippen molar-refractivity contribution in [2.24, 2.45) is 0 Å². The largest absolute Gasteiger partial charge is 0.469 e. The van der Waals surface area contributed by atoms with Gasteiger partial charge in [-0.15, -0.1) is 0 Å². The van der Waals surface area contributed by atoms with Gasteiger partial charge in [0.15, 0.2) is 5.82 Å². The molecule has 1 atom stereocenters. The summed E-state index contributed by atoms with van der Waals surface area (Å²) < 4.78 is 4.68. The first kappa shape index (κ1) is 23.3. The maximum absolute atomic E-state index is 13.1.